The molecule has 2 aromatic rings. The fourth-order valence-corrected chi connectivity index (χ4v) is 2.05. The summed E-state index contributed by atoms with van der Waals surface area (Å²) >= 11 is 1.52. The molecule has 0 unspecified atom stereocenters. The van der Waals surface area contributed by atoms with Crippen molar-refractivity contribution in [3.63, 3.8) is 0 Å². The summed E-state index contributed by atoms with van der Waals surface area (Å²) in [6, 6.07) is 3.47. The monoisotopic (exact) mass is 276 g/mol. The lowest BCUT2D eigenvalue weighted by Crippen LogP contribution is -2.22. The molecule has 2 aromatic heterocycles. The minimum absolute atomic E-state index is 0.102. The van der Waals surface area contributed by atoms with Crippen LogP contribution in [0.15, 0.2) is 30.0 Å². The number of anilines is 1. The molecular formula is C13H16N4OS. The number of thiazole rings is 1. The highest BCUT2D eigenvalue weighted by Gasteiger charge is 2.07. The Balaban J connectivity index is 1.94. The molecule has 2 heterocycles. The maximum absolute atomic E-state index is 12.0. The third-order valence-electron chi connectivity index (χ3n) is 2.48. The topological polar surface area (TPSA) is 66.9 Å². The fraction of sp³-hybridized carbons (Fsp3) is 0.308. The molecule has 0 fully saturated rings. The number of aromatic nitrogens is 2. The van der Waals surface area contributed by atoms with Gasteiger partial charge < -0.3 is 10.6 Å². The molecule has 0 bridgehead atoms. The van der Waals surface area contributed by atoms with Gasteiger partial charge >= 0.3 is 0 Å². The first-order chi connectivity index (χ1) is 9.29. The van der Waals surface area contributed by atoms with Gasteiger partial charge in [0.05, 0.1) is 12.1 Å². The van der Waals surface area contributed by atoms with Crippen LogP contribution in [0.5, 0.6) is 0 Å². The predicted octanol–water partition coefficient (Wildman–Crippen LogP) is 2.29. The maximum atomic E-state index is 12.0. The molecule has 5 nitrogen and oxygen atoms in total. The molecule has 0 saturated carbocycles. The minimum atomic E-state index is -0.102. The molecule has 2 N–H and O–H groups in total. The lowest BCUT2D eigenvalue weighted by Gasteiger charge is -2.06. The largest absolute Gasteiger partial charge is 0.370 e. The molecule has 0 spiro atoms. The molecule has 2 rings (SSSR count). The van der Waals surface area contributed by atoms with Crippen molar-refractivity contribution in [1.82, 2.24) is 15.3 Å². The first kappa shape index (κ1) is 13.5. The highest BCUT2D eigenvalue weighted by atomic mass is 32.1. The highest BCUT2D eigenvalue weighted by molar-refractivity contribution is 7.09. The van der Waals surface area contributed by atoms with Gasteiger partial charge in [0, 0.05) is 29.4 Å². The second-order valence-corrected chi connectivity index (χ2v) is 4.98. The Morgan fingerprint density at radius 3 is 3.11 bits per heavy atom. The number of nitrogens with one attached hydrogen (secondary N) is 2. The van der Waals surface area contributed by atoms with E-state index in [0.29, 0.717) is 12.1 Å². The smallest absolute Gasteiger partial charge is 0.251 e. The minimum Gasteiger partial charge on any atom is -0.370 e. The Morgan fingerprint density at radius 2 is 2.37 bits per heavy atom. The molecule has 0 aliphatic carbocycles. The van der Waals surface area contributed by atoms with Crippen LogP contribution in [-0.2, 0) is 6.54 Å². The third-order valence-corrected chi connectivity index (χ3v) is 3.26. The van der Waals surface area contributed by atoms with Crippen molar-refractivity contribution in [3.8, 4) is 0 Å². The molecule has 0 saturated heterocycles. The van der Waals surface area contributed by atoms with Gasteiger partial charge in [-0.2, -0.15) is 0 Å². The number of nitrogens with zero attached hydrogens (tertiary/aromatic N) is 2. The van der Waals surface area contributed by atoms with E-state index in [0.717, 1.165) is 23.7 Å². The number of amides is 1. The summed E-state index contributed by atoms with van der Waals surface area (Å²) in [5.74, 6) is 0.627. The predicted molar refractivity (Wildman–Crippen MR) is 76.3 cm³/mol. The standard InChI is InChI=1S/C13H16N4OS/c1-2-4-15-12-6-10(3-5-16-12)13(18)17-8-11-7-14-9-19-11/h3,5-7,9H,2,4,8H2,1H3,(H,15,16)(H,17,18). The zero-order valence-electron chi connectivity index (χ0n) is 10.7. The summed E-state index contributed by atoms with van der Waals surface area (Å²) in [7, 11) is 0. The highest BCUT2D eigenvalue weighted by Crippen LogP contribution is 2.08. The Bertz CT molecular complexity index is 527. The van der Waals surface area contributed by atoms with Crippen molar-refractivity contribution < 1.29 is 4.79 Å². The van der Waals surface area contributed by atoms with Gasteiger partial charge in [0.15, 0.2) is 0 Å². The zero-order chi connectivity index (χ0) is 13.5. The molecular weight excluding hydrogens is 260 g/mol. The van der Waals surface area contributed by atoms with Crippen molar-refractivity contribution in [2.75, 3.05) is 11.9 Å². The Morgan fingerprint density at radius 1 is 1.47 bits per heavy atom. The number of rotatable bonds is 6. The van der Waals surface area contributed by atoms with E-state index in [1.807, 2.05) is 0 Å². The van der Waals surface area contributed by atoms with Gasteiger partial charge in [-0.1, -0.05) is 6.92 Å². The van der Waals surface area contributed by atoms with Gasteiger partial charge in [0.2, 0.25) is 0 Å². The van der Waals surface area contributed by atoms with Gasteiger partial charge in [0.25, 0.3) is 5.91 Å². The van der Waals surface area contributed by atoms with E-state index in [9.17, 15) is 4.79 Å². The summed E-state index contributed by atoms with van der Waals surface area (Å²) < 4.78 is 0. The van der Waals surface area contributed by atoms with E-state index in [1.165, 1.54) is 11.3 Å². The normalized spacial score (nSPS) is 10.2. The van der Waals surface area contributed by atoms with Crippen LogP contribution in [-0.4, -0.2) is 22.4 Å². The lowest BCUT2D eigenvalue weighted by molar-refractivity contribution is 0.0951. The summed E-state index contributed by atoms with van der Waals surface area (Å²) in [6.07, 6.45) is 4.41. The van der Waals surface area contributed by atoms with Gasteiger partial charge in [0.1, 0.15) is 5.82 Å². The number of carbonyl (C=O) groups excluding carboxylic acids is 1. The zero-order valence-corrected chi connectivity index (χ0v) is 11.5. The van der Waals surface area contributed by atoms with Gasteiger partial charge in [-0.15, -0.1) is 11.3 Å². The van der Waals surface area contributed by atoms with Gasteiger partial charge in [-0.3, -0.25) is 9.78 Å². The maximum Gasteiger partial charge on any atom is 0.251 e. The SMILES string of the molecule is CCCNc1cc(C(=O)NCc2cncs2)ccn1. The van der Waals surface area contributed by atoms with Crippen LogP contribution in [0, 0.1) is 0 Å². The van der Waals surface area contributed by atoms with Gasteiger partial charge in [-0.05, 0) is 18.6 Å². The molecule has 1 amide bonds. The van der Waals surface area contributed by atoms with Crippen LogP contribution >= 0.6 is 11.3 Å². The molecule has 19 heavy (non-hydrogen) atoms. The molecule has 0 aliphatic heterocycles. The number of pyridine rings is 1. The van der Waals surface area contributed by atoms with Crippen LogP contribution in [0.2, 0.25) is 0 Å². The van der Waals surface area contributed by atoms with Crippen LogP contribution in [0.4, 0.5) is 5.82 Å². The van der Waals surface area contributed by atoms with Crippen molar-refractivity contribution in [2.24, 2.45) is 0 Å². The first-order valence-electron chi connectivity index (χ1n) is 6.15. The van der Waals surface area contributed by atoms with Crippen LogP contribution in [0.1, 0.15) is 28.6 Å². The fourth-order valence-electron chi connectivity index (χ4n) is 1.52. The average molecular weight is 276 g/mol. The summed E-state index contributed by atoms with van der Waals surface area (Å²) in [4.78, 5) is 21.2. The summed E-state index contributed by atoms with van der Waals surface area (Å²) in [5, 5.41) is 6.02. The van der Waals surface area contributed by atoms with Crippen LogP contribution in [0.25, 0.3) is 0 Å². The van der Waals surface area contributed by atoms with Crippen molar-refractivity contribution >= 4 is 23.1 Å². The number of hydrogen-bond donors (Lipinski definition) is 2. The molecule has 0 aliphatic rings. The quantitative estimate of drug-likeness (QED) is 0.849. The van der Waals surface area contributed by atoms with Crippen molar-refractivity contribution in [3.05, 3.63) is 40.5 Å². The average Bonchev–Trinajstić information content (AvgIpc) is 2.96. The number of hydrogen-bond acceptors (Lipinski definition) is 5. The van der Waals surface area contributed by atoms with E-state index >= 15 is 0 Å². The number of carbonyl (C=O) groups is 1. The molecule has 0 radical (unpaired) electrons. The molecule has 100 valence electrons. The van der Waals surface area contributed by atoms with E-state index in [4.69, 9.17) is 0 Å². The van der Waals surface area contributed by atoms with Crippen molar-refractivity contribution in [1.29, 1.82) is 0 Å². The molecule has 0 aromatic carbocycles. The third kappa shape index (κ3) is 4.03. The second-order valence-electron chi connectivity index (χ2n) is 4.01. The second kappa shape index (κ2) is 6.84. The van der Waals surface area contributed by atoms with Crippen LogP contribution in [0.3, 0.4) is 0 Å². The van der Waals surface area contributed by atoms with E-state index in [1.54, 1.807) is 30.0 Å². The van der Waals surface area contributed by atoms with Crippen molar-refractivity contribution in [2.45, 2.75) is 19.9 Å². The summed E-state index contributed by atoms with van der Waals surface area (Å²) in [5.41, 5.74) is 2.36. The van der Waals surface area contributed by atoms with Gasteiger partial charge in [-0.25, -0.2) is 4.98 Å². The van der Waals surface area contributed by atoms with E-state index in [-0.39, 0.29) is 5.91 Å². The van der Waals surface area contributed by atoms with E-state index in [2.05, 4.69) is 27.5 Å². The summed E-state index contributed by atoms with van der Waals surface area (Å²) in [6.45, 7) is 3.43. The molecule has 6 heteroatoms. The molecule has 0 atom stereocenters. The first-order valence-corrected chi connectivity index (χ1v) is 7.03. The Hall–Kier alpha value is -1.95. The van der Waals surface area contributed by atoms with Crippen LogP contribution < -0.4 is 10.6 Å². The Labute approximate surface area is 116 Å². The lowest BCUT2D eigenvalue weighted by atomic mass is 10.2. The van der Waals surface area contributed by atoms with E-state index < -0.39 is 0 Å². The Kier molecular flexibility index (Phi) is 4.85.